The lowest BCUT2D eigenvalue weighted by atomic mass is 10.1. The molecule has 1 rings (SSSR count). The Balaban J connectivity index is 2.22. The molecule has 0 aliphatic heterocycles. The molecule has 0 unspecified atom stereocenters. The first-order chi connectivity index (χ1) is 10.3. The van der Waals surface area contributed by atoms with Gasteiger partial charge in [-0.3, -0.25) is 0 Å². The molecule has 0 spiro atoms. The summed E-state index contributed by atoms with van der Waals surface area (Å²) >= 11 is 1.51. The lowest BCUT2D eigenvalue weighted by Crippen LogP contribution is -2.09. The van der Waals surface area contributed by atoms with E-state index in [2.05, 4.69) is 6.07 Å². The minimum absolute atomic E-state index is 0.412. The second kappa shape index (κ2) is 11.1. The Bertz CT molecular complexity index is 509. The van der Waals surface area contributed by atoms with E-state index in [1.54, 1.807) is 19.2 Å². The van der Waals surface area contributed by atoms with Crippen molar-refractivity contribution < 1.29 is 14.2 Å². The minimum atomic E-state index is 0.412. The van der Waals surface area contributed by atoms with Crippen LogP contribution in [-0.2, 0) is 14.2 Å². The third-order valence-corrected chi connectivity index (χ3v) is 3.57. The fraction of sp³-hybridized carbons (Fsp3) is 0.467. The Labute approximate surface area is 129 Å². The molecule has 5 nitrogen and oxygen atoms in total. The molecule has 6 heteroatoms. The highest BCUT2D eigenvalue weighted by molar-refractivity contribution is 7.99. The van der Waals surface area contributed by atoms with E-state index in [-0.39, 0.29) is 0 Å². The van der Waals surface area contributed by atoms with Gasteiger partial charge in [0, 0.05) is 17.8 Å². The van der Waals surface area contributed by atoms with Crippen LogP contribution in [0.5, 0.6) is 0 Å². The van der Waals surface area contributed by atoms with Crippen LogP contribution in [0.4, 0.5) is 0 Å². The number of thioether (sulfide) groups is 1. The molecule has 0 amide bonds. The van der Waals surface area contributed by atoms with Crippen LogP contribution in [0.25, 0.3) is 0 Å². The fourth-order valence-electron chi connectivity index (χ4n) is 1.53. The molecule has 0 fully saturated rings. The van der Waals surface area contributed by atoms with E-state index in [1.807, 2.05) is 12.1 Å². The van der Waals surface area contributed by atoms with Crippen LogP contribution in [0.1, 0.15) is 11.1 Å². The summed E-state index contributed by atoms with van der Waals surface area (Å²) in [6.45, 7) is 2.80. The molecule has 112 valence electrons. The van der Waals surface area contributed by atoms with E-state index in [1.165, 1.54) is 11.8 Å². The van der Waals surface area contributed by atoms with E-state index >= 15 is 0 Å². The number of methoxy groups -OCH3 is 1. The topological polar surface area (TPSA) is 75.3 Å². The van der Waals surface area contributed by atoms with Crippen LogP contribution in [0, 0.1) is 22.7 Å². The first-order valence-corrected chi connectivity index (χ1v) is 7.52. The first-order valence-electron chi connectivity index (χ1n) is 6.54. The zero-order chi connectivity index (χ0) is 15.3. The Morgan fingerprint density at radius 1 is 1.00 bits per heavy atom. The highest BCUT2D eigenvalue weighted by atomic mass is 32.2. The molecule has 1 aromatic carbocycles. The standard InChI is InChI=1S/C15H18N2O3S/c1-18-5-6-19-7-8-20-9-10-21-15-4-2-3-13(11-16)14(15)12-17/h2-4H,5-10H2,1H3. The highest BCUT2D eigenvalue weighted by Crippen LogP contribution is 2.24. The number of hydrogen-bond donors (Lipinski definition) is 0. The van der Waals surface area contributed by atoms with Crippen LogP contribution in [0.3, 0.4) is 0 Å². The molecule has 0 bridgehead atoms. The quantitative estimate of drug-likeness (QED) is 0.487. The van der Waals surface area contributed by atoms with Crippen molar-refractivity contribution in [2.45, 2.75) is 4.90 Å². The van der Waals surface area contributed by atoms with Gasteiger partial charge in [-0.1, -0.05) is 6.07 Å². The summed E-state index contributed by atoms with van der Waals surface area (Å²) in [5.41, 5.74) is 0.850. The molecule has 0 saturated carbocycles. The van der Waals surface area contributed by atoms with Crippen LogP contribution in [0.2, 0.25) is 0 Å². The fourth-order valence-corrected chi connectivity index (χ4v) is 2.43. The molecule has 0 radical (unpaired) electrons. The van der Waals surface area contributed by atoms with Crippen LogP contribution in [0.15, 0.2) is 23.1 Å². The average molecular weight is 306 g/mol. The van der Waals surface area contributed by atoms with Gasteiger partial charge in [0.05, 0.1) is 44.2 Å². The Morgan fingerprint density at radius 2 is 1.71 bits per heavy atom. The van der Waals surface area contributed by atoms with Crippen molar-refractivity contribution in [1.29, 1.82) is 10.5 Å². The molecule has 0 heterocycles. The van der Waals surface area contributed by atoms with Crippen molar-refractivity contribution in [3.05, 3.63) is 29.3 Å². The lowest BCUT2D eigenvalue weighted by Gasteiger charge is -2.07. The summed E-state index contributed by atoms with van der Waals surface area (Å²) in [4.78, 5) is 0.816. The summed E-state index contributed by atoms with van der Waals surface area (Å²) in [6, 6.07) is 9.39. The SMILES string of the molecule is COCCOCCOCCSc1cccc(C#N)c1C#N. The van der Waals surface area contributed by atoms with E-state index < -0.39 is 0 Å². The summed E-state index contributed by atoms with van der Waals surface area (Å²) in [6.07, 6.45) is 0. The second-order valence-electron chi connectivity index (χ2n) is 3.97. The number of benzene rings is 1. The number of nitrogens with zero attached hydrogens (tertiary/aromatic N) is 2. The molecular weight excluding hydrogens is 288 g/mol. The average Bonchev–Trinajstić information content (AvgIpc) is 2.52. The van der Waals surface area contributed by atoms with Gasteiger partial charge in [-0.25, -0.2) is 0 Å². The number of nitriles is 2. The minimum Gasteiger partial charge on any atom is -0.382 e. The molecular formula is C15H18N2O3S. The molecule has 0 atom stereocenters. The van der Waals surface area contributed by atoms with Gasteiger partial charge in [0.2, 0.25) is 0 Å². The van der Waals surface area contributed by atoms with E-state index in [0.717, 1.165) is 10.6 Å². The Morgan fingerprint density at radius 3 is 2.38 bits per heavy atom. The van der Waals surface area contributed by atoms with Gasteiger partial charge in [0.25, 0.3) is 0 Å². The predicted octanol–water partition coefficient (Wildman–Crippen LogP) is 2.20. The normalized spacial score (nSPS) is 10.0. The van der Waals surface area contributed by atoms with Gasteiger partial charge >= 0.3 is 0 Å². The highest BCUT2D eigenvalue weighted by Gasteiger charge is 2.07. The largest absolute Gasteiger partial charge is 0.382 e. The molecule has 0 aromatic heterocycles. The summed E-state index contributed by atoms with van der Waals surface area (Å²) in [7, 11) is 1.63. The van der Waals surface area contributed by atoms with Crippen molar-refractivity contribution in [2.24, 2.45) is 0 Å². The van der Waals surface area contributed by atoms with Gasteiger partial charge in [-0.2, -0.15) is 10.5 Å². The van der Waals surface area contributed by atoms with Gasteiger partial charge < -0.3 is 14.2 Å². The maximum absolute atomic E-state index is 9.10. The molecule has 1 aromatic rings. The number of rotatable bonds is 10. The third kappa shape index (κ3) is 6.61. The van der Waals surface area contributed by atoms with Crippen molar-refractivity contribution in [3.63, 3.8) is 0 Å². The van der Waals surface area contributed by atoms with Crippen LogP contribution >= 0.6 is 11.8 Å². The monoisotopic (exact) mass is 306 g/mol. The zero-order valence-corrected chi connectivity index (χ0v) is 12.8. The molecule has 0 N–H and O–H groups in total. The molecule has 0 aliphatic carbocycles. The smallest absolute Gasteiger partial charge is 0.102 e. The summed E-state index contributed by atoms with van der Waals surface area (Å²) < 4.78 is 15.6. The van der Waals surface area contributed by atoms with E-state index in [0.29, 0.717) is 44.2 Å². The van der Waals surface area contributed by atoms with Crippen molar-refractivity contribution >= 4 is 11.8 Å². The number of hydrogen-bond acceptors (Lipinski definition) is 6. The van der Waals surface area contributed by atoms with Crippen molar-refractivity contribution in [1.82, 2.24) is 0 Å². The first kappa shape index (κ1) is 17.5. The van der Waals surface area contributed by atoms with Gasteiger partial charge in [0.15, 0.2) is 0 Å². The molecule has 21 heavy (non-hydrogen) atoms. The summed E-state index contributed by atoms with van der Waals surface area (Å²) in [5.74, 6) is 0.724. The Kier molecular flexibility index (Phi) is 9.26. The third-order valence-electron chi connectivity index (χ3n) is 2.55. The van der Waals surface area contributed by atoms with E-state index in [9.17, 15) is 0 Å². The number of ether oxygens (including phenoxy) is 3. The maximum Gasteiger partial charge on any atom is 0.102 e. The molecule has 0 aliphatic rings. The second-order valence-corrected chi connectivity index (χ2v) is 5.11. The maximum atomic E-state index is 9.10. The van der Waals surface area contributed by atoms with Crippen LogP contribution < -0.4 is 0 Å². The predicted molar refractivity (Wildman–Crippen MR) is 80.1 cm³/mol. The van der Waals surface area contributed by atoms with Crippen molar-refractivity contribution in [3.8, 4) is 12.1 Å². The van der Waals surface area contributed by atoms with Gasteiger partial charge in [-0.05, 0) is 12.1 Å². The van der Waals surface area contributed by atoms with Gasteiger partial charge in [0.1, 0.15) is 12.1 Å². The molecule has 0 saturated heterocycles. The van der Waals surface area contributed by atoms with Crippen LogP contribution in [-0.4, -0.2) is 45.9 Å². The van der Waals surface area contributed by atoms with E-state index in [4.69, 9.17) is 24.7 Å². The van der Waals surface area contributed by atoms with Gasteiger partial charge in [-0.15, -0.1) is 11.8 Å². The zero-order valence-electron chi connectivity index (χ0n) is 12.0. The summed E-state index contributed by atoms with van der Waals surface area (Å²) in [5, 5.41) is 18.0. The van der Waals surface area contributed by atoms with Crippen molar-refractivity contribution in [2.75, 3.05) is 45.9 Å². The lowest BCUT2D eigenvalue weighted by molar-refractivity contribution is 0.0286. The Hall–Kier alpha value is -1.57.